The number of aliphatic hydroxyl groups excluding tert-OH is 1. The van der Waals surface area contributed by atoms with Gasteiger partial charge in [-0.05, 0) is 115 Å². The second-order valence-corrected chi connectivity index (χ2v) is 14.6. The highest BCUT2D eigenvalue weighted by atomic mass is 16.5. The first-order valence-corrected chi connectivity index (χ1v) is 14.5. The molecule has 0 radical (unpaired) electrons. The third-order valence-corrected chi connectivity index (χ3v) is 13.3. The zero-order chi connectivity index (χ0) is 25.4. The smallest absolute Gasteiger partial charge is 0.303 e. The minimum absolute atomic E-state index is 0.0621. The molecule has 5 aliphatic carbocycles. The van der Waals surface area contributed by atoms with E-state index in [1.165, 1.54) is 58.3 Å². The number of allylic oxidation sites excluding steroid dienone is 2. The summed E-state index contributed by atoms with van der Waals surface area (Å²) in [6.07, 6.45) is 17.8. The molecule has 5 rings (SSSR count). The molecule has 10 atom stereocenters. The van der Waals surface area contributed by atoms with Gasteiger partial charge in [-0.1, -0.05) is 46.8 Å². The van der Waals surface area contributed by atoms with E-state index >= 15 is 0 Å². The van der Waals surface area contributed by atoms with E-state index in [4.69, 9.17) is 4.74 Å². The molecule has 0 saturated heterocycles. The Balaban J connectivity index is 1.53. The summed E-state index contributed by atoms with van der Waals surface area (Å²) in [5, 5.41) is 10.7. The van der Waals surface area contributed by atoms with E-state index in [-0.39, 0.29) is 28.3 Å². The minimum atomic E-state index is -0.176. The highest BCUT2D eigenvalue weighted by Crippen LogP contribution is 2.76. The van der Waals surface area contributed by atoms with Crippen LogP contribution in [0.15, 0.2) is 24.8 Å². The van der Waals surface area contributed by atoms with E-state index in [1.807, 2.05) is 0 Å². The molecule has 4 saturated carbocycles. The second-order valence-electron chi connectivity index (χ2n) is 14.6. The Kier molecular flexibility index (Phi) is 5.99. The monoisotopic (exact) mass is 482 g/mol. The van der Waals surface area contributed by atoms with Crippen LogP contribution in [0, 0.1) is 56.7 Å². The molecule has 0 heterocycles. The van der Waals surface area contributed by atoms with Crippen LogP contribution in [-0.2, 0) is 9.53 Å². The lowest BCUT2D eigenvalue weighted by Gasteiger charge is -2.72. The number of aliphatic hydroxyl groups is 1. The Morgan fingerprint density at radius 1 is 1.00 bits per heavy atom. The Labute approximate surface area is 214 Å². The Bertz CT molecular complexity index is 904. The third-order valence-electron chi connectivity index (χ3n) is 13.3. The Morgan fingerprint density at radius 2 is 1.74 bits per heavy atom. The molecule has 0 amide bonds. The van der Waals surface area contributed by atoms with Crippen molar-refractivity contribution < 1.29 is 14.6 Å². The van der Waals surface area contributed by atoms with Crippen LogP contribution in [0.5, 0.6) is 0 Å². The van der Waals surface area contributed by atoms with Crippen molar-refractivity contribution in [1.29, 1.82) is 0 Å². The standard InChI is InChI=1S/C32H50O3/c1-8-9-22-12-17-32(20-33)19-18-30(6)23(27(22)32)10-11-25-29(5)15-14-26(35-21(2)34)28(3,4)24(29)13-16-31(25,30)7/h8,14-15,22-27,33H,1,9-13,16-20H2,2-7H3. The molecule has 10 unspecified atom stereocenters. The molecule has 0 spiro atoms. The largest absolute Gasteiger partial charge is 0.458 e. The highest BCUT2D eigenvalue weighted by Gasteiger charge is 2.70. The SMILES string of the molecule is C=CCC1CCC2(CO)CCC3(C)C(CCC4C5(C)C=CC(OC(C)=O)C(C)(C)C5CCC43C)C12. The lowest BCUT2D eigenvalue weighted by molar-refractivity contribution is -0.229. The van der Waals surface area contributed by atoms with Crippen molar-refractivity contribution in [2.45, 2.75) is 105 Å². The van der Waals surface area contributed by atoms with Crippen LogP contribution < -0.4 is 0 Å². The van der Waals surface area contributed by atoms with Gasteiger partial charge in [-0.2, -0.15) is 0 Å². The van der Waals surface area contributed by atoms with Crippen molar-refractivity contribution in [3.8, 4) is 0 Å². The number of hydrogen-bond acceptors (Lipinski definition) is 3. The van der Waals surface area contributed by atoms with Crippen molar-refractivity contribution in [1.82, 2.24) is 0 Å². The topological polar surface area (TPSA) is 46.5 Å². The Hall–Kier alpha value is -1.09. The van der Waals surface area contributed by atoms with Gasteiger partial charge in [0.25, 0.3) is 0 Å². The molecule has 0 aromatic heterocycles. The number of fused-ring (bicyclic) bond motifs is 7. The molecule has 0 aromatic rings. The van der Waals surface area contributed by atoms with Gasteiger partial charge >= 0.3 is 5.97 Å². The van der Waals surface area contributed by atoms with Crippen LogP contribution in [0.25, 0.3) is 0 Å². The fourth-order valence-electron chi connectivity index (χ4n) is 11.4. The number of hydrogen-bond donors (Lipinski definition) is 1. The van der Waals surface area contributed by atoms with Gasteiger partial charge in [0, 0.05) is 18.9 Å². The Morgan fingerprint density at radius 3 is 2.40 bits per heavy atom. The average molecular weight is 483 g/mol. The van der Waals surface area contributed by atoms with E-state index in [9.17, 15) is 9.90 Å². The summed E-state index contributed by atoms with van der Waals surface area (Å²) in [6, 6.07) is 0. The van der Waals surface area contributed by atoms with E-state index < -0.39 is 0 Å². The lowest BCUT2D eigenvalue weighted by Crippen LogP contribution is -2.66. The number of ether oxygens (including phenoxy) is 1. The predicted molar refractivity (Wildman–Crippen MR) is 142 cm³/mol. The first kappa shape index (κ1) is 25.6. The van der Waals surface area contributed by atoms with Crippen LogP contribution >= 0.6 is 0 Å². The lowest BCUT2D eigenvalue weighted by atomic mass is 9.33. The fraction of sp³-hybridized carbons (Fsp3) is 0.844. The molecule has 0 bridgehead atoms. The van der Waals surface area contributed by atoms with Gasteiger partial charge in [0.15, 0.2) is 0 Å². The van der Waals surface area contributed by atoms with Gasteiger partial charge in [-0.15, -0.1) is 6.58 Å². The summed E-state index contributed by atoms with van der Waals surface area (Å²) in [4.78, 5) is 11.9. The normalized spacial score (nSPS) is 52.0. The van der Waals surface area contributed by atoms with E-state index in [0.717, 1.165) is 6.42 Å². The summed E-state index contributed by atoms with van der Waals surface area (Å²) < 4.78 is 5.82. The highest BCUT2D eigenvalue weighted by molar-refractivity contribution is 5.66. The summed E-state index contributed by atoms with van der Waals surface area (Å²) in [5.41, 5.74) is 0.808. The molecule has 0 aliphatic heterocycles. The van der Waals surface area contributed by atoms with E-state index in [2.05, 4.69) is 59.4 Å². The average Bonchev–Trinajstić information content (AvgIpc) is 3.15. The second kappa shape index (κ2) is 8.20. The summed E-state index contributed by atoms with van der Waals surface area (Å²) in [5.74, 6) is 3.01. The minimum Gasteiger partial charge on any atom is -0.458 e. The van der Waals surface area contributed by atoms with Crippen LogP contribution in [0.1, 0.15) is 99.3 Å². The summed E-state index contributed by atoms with van der Waals surface area (Å²) in [7, 11) is 0. The molecule has 0 aromatic carbocycles. The number of esters is 1. The maximum absolute atomic E-state index is 11.9. The van der Waals surface area contributed by atoms with Gasteiger partial charge in [0.1, 0.15) is 6.10 Å². The predicted octanol–water partition coefficient (Wildman–Crippen LogP) is 7.34. The zero-order valence-corrected chi connectivity index (χ0v) is 23.2. The van der Waals surface area contributed by atoms with Gasteiger partial charge in [-0.25, -0.2) is 0 Å². The van der Waals surface area contributed by atoms with Gasteiger partial charge in [0.2, 0.25) is 0 Å². The van der Waals surface area contributed by atoms with Crippen LogP contribution in [0.2, 0.25) is 0 Å². The summed E-state index contributed by atoms with van der Waals surface area (Å²) >= 11 is 0. The van der Waals surface area contributed by atoms with Crippen LogP contribution in [0.4, 0.5) is 0 Å². The molecule has 4 fully saturated rings. The molecule has 1 N–H and O–H groups in total. The van der Waals surface area contributed by atoms with Crippen LogP contribution in [0.3, 0.4) is 0 Å². The number of carbonyl (C=O) groups excluding carboxylic acids is 1. The van der Waals surface area contributed by atoms with E-state index in [0.29, 0.717) is 47.0 Å². The molecule has 5 aliphatic rings. The molecule has 35 heavy (non-hydrogen) atoms. The molecular formula is C32H50O3. The van der Waals surface area contributed by atoms with Crippen LogP contribution in [-0.4, -0.2) is 23.8 Å². The van der Waals surface area contributed by atoms with Gasteiger partial charge in [-0.3, -0.25) is 4.79 Å². The van der Waals surface area contributed by atoms with Crippen molar-refractivity contribution in [2.24, 2.45) is 56.7 Å². The van der Waals surface area contributed by atoms with Crippen molar-refractivity contribution >= 4 is 5.97 Å². The van der Waals surface area contributed by atoms with Crippen molar-refractivity contribution in [3.05, 3.63) is 24.8 Å². The third kappa shape index (κ3) is 3.28. The maximum atomic E-state index is 11.9. The number of carbonyl (C=O) groups is 1. The molecule has 196 valence electrons. The van der Waals surface area contributed by atoms with Gasteiger partial charge in [0.05, 0.1) is 0 Å². The quantitative estimate of drug-likeness (QED) is 0.337. The van der Waals surface area contributed by atoms with E-state index in [1.54, 1.807) is 0 Å². The first-order chi connectivity index (χ1) is 16.4. The molecule has 3 nitrogen and oxygen atoms in total. The zero-order valence-electron chi connectivity index (χ0n) is 23.2. The van der Waals surface area contributed by atoms with Gasteiger partial charge < -0.3 is 9.84 Å². The number of rotatable bonds is 4. The summed E-state index contributed by atoms with van der Waals surface area (Å²) in [6.45, 7) is 18.5. The fourth-order valence-corrected chi connectivity index (χ4v) is 11.4. The first-order valence-electron chi connectivity index (χ1n) is 14.5. The van der Waals surface area contributed by atoms with Crippen molar-refractivity contribution in [2.75, 3.05) is 6.61 Å². The molecular weight excluding hydrogens is 432 g/mol. The maximum Gasteiger partial charge on any atom is 0.303 e. The molecule has 3 heteroatoms. The van der Waals surface area contributed by atoms with Crippen molar-refractivity contribution in [3.63, 3.8) is 0 Å².